The van der Waals surface area contributed by atoms with Gasteiger partial charge in [-0.05, 0) is 12.3 Å². The normalized spacial score (nSPS) is 23.7. The summed E-state index contributed by atoms with van der Waals surface area (Å²) < 4.78 is 0. The van der Waals surface area contributed by atoms with Crippen LogP contribution < -0.4 is 5.73 Å². The number of nitrogens with zero attached hydrogens (tertiary/aromatic N) is 2. The van der Waals surface area contributed by atoms with Crippen LogP contribution in [0.4, 0.5) is 4.79 Å². The molecule has 4 heteroatoms. The maximum absolute atomic E-state index is 11.6. The lowest BCUT2D eigenvalue weighted by Crippen LogP contribution is -2.51. The van der Waals surface area contributed by atoms with Crippen molar-refractivity contribution in [3.05, 3.63) is 0 Å². The summed E-state index contributed by atoms with van der Waals surface area (Å²) >= 11 is 0. The van der Waals surface area contributed by atoms with E-state index in [4.69, 9.17) is 12.2 Å². The van der Waals surface area contributed by atoms with Crippen molar-refractivity contribution in [1.82, 2.24) is 4.90 Å². The zero-order valence-electron chi connectivity index (χ0n) is 9.61. The maximum atomic E-state index is 11.6. The number of rotatable bonds is 1. The standard InChI is InChI=1S/C11H17N3O/c1-6-7(2)14-8(11(3,4)5)9(12)13-10(14)15/h1,7-8H,2-5H3,(H2,12,13,15). The lowest BCUT2D eigenvalue weighted by Gasteiger charge is -2.36. The third-order valence-electron chi connectivity index (χ3n) is 2.48. The fourth-order valence-corrected chi connectivity index (χ4v) is 1.81. The van der Waals surface area contributed by atoms with Gasteiger partial charge in [0.25, 0.3) is 0 Å². The minimum Gasteiger partial charge on any atom is -0.385 e. The topological polar surface area (TPSA) is 58.7 Å². The molecule has 0 aromatic heterocycles. The largest absolute Gasteiger partial charge is 0.385 e. The third-order valence-corrected chi connectivity index (χ3v) is 2.48. The molecule has 0 aromatic carbocycles. The van der Waals surface area contributed by atoms with E-state index in [1.54, 1.807) is 11.8 Å². The van der Waals surface area contributed by atoms with Gasteiger partial charge < -0.3 is 5.73 Å². The van der Waals surface area contributed by atoms with E-state index in [0.717, 1.165) is 0 Å². The molecule has 0 bridgehead atoms. The molecule has 1 heterocycles. The van der Waals surface area contributed by atoms with Gasteiger partial charge in [-0.3, -0.25) is 4.90 Å². The Morgan fingerprint density at radius 3 is 2.53 bits per heavy atom. The van der Waals surface area contributed by atoms with Gasteiger partial charge in [0.1, 0.15) is 5.84 Å². The molecule has 0 spiro atoms. The number of hydrogen-bond donors (Lipinski definition) is 1. The number of aliphatic imine (C=N–C) groups is 1. The van der Waals surface area contributed by atoms with Crippen LogP contribution in [0.3, 0.4) is 0 Å². The van der Waals surface area contributed by atoms with Crippen LogP contribution in [0.15, 0.2) is 4.99 Å². The molecular weight excluding hydrogens is 190 g/mol. The highest BCUT2D eigenvalue weighted by Gasteiger charge is 2.42. The Labute approximate surface area is 90.5 Å². The summed E-state index contributed by atoms with van der Waals surface area (Å²) in [4.78, 5) is 16.9. The van der Waals surface area contributed by atoms with E-state index in [1.165, 1.54) is 0 Å². The number of carbonyl (C=O) groups excluding carboxylic acids is 1. The molecule has 1 aliphatic heterocycles. The lowest BCUT2D eigenvalue weighted by atomic mass is 9.85. The minimum atomic E-state index is -0.335. The van der Waals surface area contributed by atoms with E-state index >= 15 is 0 Å². The van der Waals surface area contributed by atoms with Gasteiger partial charge in [-0.25, -0.2) is 4.79 Å². The van der Waals surface area contributed by atoms with E-state index in [9.17, 15) is 4.79 Å². The number of urea groups is 1. The Kier molecular flexibility index (Phi) is 2.76. The Hall–Kier alpha value is -1.50. The smallest absolute Gasteiger partial charge is 0.346 e. The first kappa shape index (κ1) is 11.6. The summed E-state index contributed by atoms with van der Waals surface area (Å²) in [5, 5.41) is 0. The van der Waals surface area contributed by atoms with Gasteiger partial charge in [-0.1, -0.05) is 26.7 Å². The second-order valence-electron chi connectivity index (χ2n) is 4.84. The fraction of sp³-hybridized carbons (Fsp3) is 0.636. The molecule has 0 saturated heterocycles. The van der Waals surface area contributed by atoms with Crippen LogP contribution >= 0.6 is 0 Å². The van der Waals surface area contributed by atoms with Crippen LogP contribution in [0, 0.1) is 17.8 Å². The number of amidine groups is 1. The van der Waals surface area contributed by atoms with E-state index in [0.29, 0.717) is 5.84 Å². The summed E-state index contributed by atoms with van der Waals surface area (Å²) in [6.45, 7) is 7.82. The monoisotopic (exact) mass is 207 g/mol. The molecule has 4 nitrogen and oxygen atoms in total. The van der Waals surface area contributed by atoms with E-state index in [1.807, 2.05) is 20.8 Å². The van der Waals surface area contributed by atoms with E-state index in [-0.39, 0.29) is 23.5 Å². The lowest BCUT2D eigenvalue weighted by molar-refractivity contribution is 0.157. The highest BCUT2D eigenvalue weighted by molar-refractivity contribution is 6.03. The zero-order valence-corrected chi connectivity index (χ0v) is 9.61. The first-order valence-corrected chi connectivity index (χ1v) is 4.91. The Morgan fingerprint density at radius 1 is 1.60 bits per heavy atom. The molecule has 0 aromatic rings. The molecule has 0 saturated carbocycles. The maximum Gasteiger partial charge on any atom is 0.346 e. The van der Waals surface area contributed by atoms with Crippen molar-refractivity contribution in [3.63, 3.8) is 0 Å². The second kappa shape index (κ2) is 3.58. The van der Waals surface area contributed by atoms with E-state index < -0.39 is 0 Å². The quantitative estimate of drug-likeness (QED) is 0.657. The molecule has 0 aliphatic carbocycles. The van der Waals surface area contributed by atoms with Crippen molar-refractivity contribution in [2.45, 2.75) is 39.8 Å². The summed E-state index contributed by atoms with van der Waals surface area (Å²) in [6.07, 6.45) is 5.33. The van der Waals surface area contributed by atoms with Crippen LogP contribution in [-0.4, -0.2) is 28.9 Å². The molecule has 0 radical (unpaired) electrons. The number of terminal acetylenes is 1. The minimum absolute atomic E-state index is 0.162. The van der Waals surface area contributed by atoms with Gasteiger partial charge in [0.15, 0.2) is 0 Å². The Morgan fingerprint density at radius 2 is 2.13 bits per heavy atom. The number of nitrogens with two attached hydrogens (primary N) is 1. The molecule has 15 heavy (non-hydrogen) atoms. The molecule has 1 aliphatic rings. The van der Waals surface area contributed by atoms with E-state index in [2.05, 4.69) is 10.9 Å². The SMILES string of the molecule is C#CC(C)N1C(=O)N=C(N)C1C(C)(C)C. The van der Waals surface area contributed by atoms with Crippen LogP contribution in [-0.2, 0) is 0 Å². The van der Waals surface area contributed by atoms with Crippen LogP contribution in [0.2, 0.25) is 0 Å². The molecule has 2 amide bonds. The second-order valence-corrected chi connectivity index (χ2v) is 4.84. The highest BCUT2D eigenvalue weighted by Crippen LogP contribution is 2.30. The van der Waals surface area contributed by atoms with Crippen molar-refractivity contribution in [2.24, 2.45) is 16.1 Å². The van der Waals surface area contributed by atoms with Gasteiger partial charge in [0.2, 0.25) is 0 Å². The number of hydrogen-bond acceptors (Lipinski definition) is 2. The molecule has 2 unspecified atom stereocenters. The average molecular weight is 207 g/mol. The molecule has 82 valence electrons. The molecule has 2 atom stereocenters. The molecule has 2 N–H and O–H groups in total. The van der Waals surface area contributed by atoms with Crippen molar-refractivity contribution in [1.29, 1.82) is 0 Å². The van der Waals surface area contributed by atoms with Crippen LogP contribution in [0.1, 0.15) is 27.7 Å². The van der Waals surface area contributed by atoms with Crippen molar-refractivity contribution < 1.29 is 4.79 Å². The predicted molar refractivity (Wildman–Crippen MR) is 60.4 cm³/mol. The summed E-state index contributed by atoms with van der Waals surface area (Å²) in [7, 11) is 0. The molecule has 0 fully saturated rings. The zero-order chi connectivity index (χ0) is 11.8. The molecule has 1 rings (SSSR count). The Balaban J connectivity index is 3.08. The van der Waals surface area contributed by atoms with Crippen LogP contribution in [0.5, 0.6) is 0 Å². The summed E-state index contributed by atoms with van der Waals surface area (Å²) in [6, 6.07) is -0.833. The summed E-state index contributed by atoms with van der Waals surface area (Å²) in [5.41, 5.74) is 5.60. The van der Waals surface area contributed by atoms with Crippen molar-refractivity contribution in [2.75, 3.05) is 0 Å². The number of carbonyl (C=O) groups is 1. The Bertz CT molecular complexity index is 346. The average Bonchev–Trinajstić information content (AvgIpc) is 2.38. The van der Waals surface area contributed by atoms with Crippen LogP contribution in [0.25, 0.3) is 0 Å². The predicted octanol–water partition coefficient (Wildman–Crippen LogP) is 1.22. The van der Waals surface area contributed by atoms with Gasteiger partial charge in [-0.2, -0.15) is 4.99 Å². The third kappa shape index (κ3) is 1.96. The van der Waals surface area contributed by atoms with Gasteiger partial charge in [0, 0.05) is 0 Å². The summed E-state index contributed by atoms with van der Waals surface area (Å²) in [5.74, 6) is 2.89. The fourth-order valence-electron chi connectivity index (χ4n) is 1.81. The van der Waals surface area contributed by atoms with Gasteiger partial charge in [-0.15, -0.1) is 6.42 Å². The number of amides is 2. The molecular formula is C11H17N3O. The van der Waals surface area contributed by atoms with Gasteiger partial charge in [0.05, 0.1) is 12.1 Å². The highest BCUT2D eigenvalue weighted by atomic mass is 16.2. The van der Waals surface area contributed by atoms with Crippen molar-refractivity contribution >= 4 is 11.9 Å². The van der Waals surface area contributed by atoms with Crippen molar-refractivity contribution in [3.8, 4) is 12.3 Å². The van der Waals surface area contributed by atoms with Gasteiger partial charge >= 0.3 is 6.03 Å². The first-order valence-electron chi connectivity index (χ1n) is 4.91. The first-order chi connectivity index (χ1) is 6.79.